The molecule has 142 valence electrons. The lowest BCUT2D eigenvalue weighted by Crippen LogP contribution is -2.59. The van der Waals surface area contributed by atoms with Gasteiger partial charge >= 0.3 is 18.1 Å². The zero-order chi connectivity index (χ0) is 19.2. The van der Waals surface area contributed by atoms with Crippen LogP contribution in [-0.4, -0.2) is 52.6 Å². The molecule has 25 heavy (non-hydrogen) atoms. The molecule has 1 saturated carbocycles. The summed E-state index contributed by atoms with van der Waals surface area (Å²) in [6.45, 7) is 4.78. The Morgan fingerprint density at radius 2 is 1.76 bits per heavy atom. The van der Waals surface area contributed by atoms with Gasteiger partial charge in [0.1, 0.15) is 12.1 Å². The van der Waals surface area contributed by atoms with E-state index in [1.807, 2.05) is 0 Å². The third-order valence-corrected chi connectivity index (χ3v) is 5.07. The molecule has 1 unspecified atom stereocenters. The van der Waals surface area contributed by atoms with Crippen molar-refractivity contribution in [2.24, 2.45) is 17.3 Å². The third-order valence-electron chi connectivity index (χ3n) is 5.07. The number of halogens is 3. The molecule has 0 aromatic rings. The highest BCUT2D eigenvalue weighted by Gasteiger charge is 2.52. The van der Waals surface area contributed by atoms with Crippen molar-refractivity contribution in [3.05, 3.63) is 0 Å². The Morgan fingerprint density at radius 3 is 2.24 bits per heavy atom. The first-order chi connectivity index (χ1) is 11.3. The molecule has 2 aliphatic rings. The Kier molecular flexibility index (Phi) is 5.07. The zero-order valence-corrected chi connectivity index (χ0v) is 14.4. The number of aliphatic carboxylic acids is 1. The van der Waals surface area contributed by atoms with Crippen LogP contribution in [-0.2, 0) is 14.4 Å². The average Bonchev–Trinajstić information content (AvgIpc) is 3.00. The van der Waals surface area contributed by atoms with Crippen LogP contribution in [0.4, 0.5) is 13.2 Å². The first kappa shape index (κ1) is 19.5. The van der Waals surface area contributed by atoms with Gasteiger partial charge in [-0.3, -0.25) is 9.59 Å². The molecule has 6 nitrogen and oxygen atoms in total. The van der Waals surface area contributed by atoms with Crippen molar-refractivity contribution < 1.29 is 32.7 Å². The summed E-state index contributed by atoms with van der Waals surface area (Å²) >= 11 is 0. The van der Waals surface area contributed by atoms with E-state index in [0.29, 0.717) is 6.42 Å². The van der Waals surface area contributed by atoms with E-state index in [9.17, 15) is 32.7 Å². The molecule has 1 saturated heterocycles. The predicted molar refractivity (Wildman–Crippen MR) is 81.4 cm³/mol. The maximum atomic E-state index is 12.9. The van der Waals surface area contributed by atoms with Gasteiger partial charge in [-0.1, -0.05) is 27.2 Å². The fourth-order valence-corrected chi connectivity index (χ4v) is 3.88. The molecule has 0 spiro atoms. The Bertz CT molecular complexity index is 571. The summed E-state index contributed by atoms with van der Waals surface area (Å²) in [6, 6.07) is -2.50. The highest BCUT2D eigenvalue weighted by molar-refractivity contribution is 5.93. The summed E-state index contributed by atoms with van der Waals surface area (Å²) in [4.78, 5) is 37.0. The van der Waals surface area contributed by atoms with Gasteiger partial charge in [0.05, 0.1) is 0 Å². The first-order valence-electron chi connectivity index (χ1n) is 8.25. The van der Waals surface area contributed by atoms with E-state index in [-0.39, 0.29) is 18.4 Å². The second kappa shape index (κ2) is 6.49. The normalized spacial score (nSPS) is 27.8. The molecule has 0 radical (unpaired) electrons. The number of fused-ring (bicyclic) bond motifs is 1. The van der Waals surface area contributed by atoms with Crippen molar-refractivity contribution in [2.45, 2.75) is 58.3 Å². The van der Waals surface area contributed by atoms with Gasteiger partial charge in [-0.05, 0) is 30.1 Å². The summed E-state index contributed by atoms with van der Waals surface area (Å²) in [5.41, 5.74) is -1.00. The number of alkyl halides is 3. The second-order valence-electron chi connectivity index (χ2n) is 7.90. The molecule has 0 aromatic heterocycles. The fraction of sp³-hybridized carbons (Fsp3) is 0.812. The van der Waals surface area contributed by atoms with Crippen LogP contribution in [0.1, 0.15) is 40.0 Å². The standard InChI is InChI=1S/C16H23F3N2O4/c1-15(2,3)11(20-14(25)16(17,18)19)12(22)21-7-8-5-4-6-9(8)10(21)13(23)24/h8-11H,4-7H2,1-3H3,(H,20,25)(H,23,24)/t8-,9?,10-,11+/m0/s1. The number of hydrogen-bond donors (Lipinski definition) is 2. The largest absolute Gasteiger partial charge is 0.480 e. The van der Waals surface area contributed by atoms with Crippen LogP contribution in [0.15, 0.2) is 0 Å². The summed E-state index contributed by atoms with van der Waals surface area (Å²) in [6.07, 6.45) is -2.75. The number of nitrogens with zero attached hydrogens (tertiary/aromatic N) is 1. The van der Waals surface area contributed by atoms with E-state index in [1.165, 1.54) is 20.8 Å². The molecular formula is C16H23F3N2O4. The number of likely N-dealkylation sites (tertiary alicyclic amines) is 1. The van der Waals surface area contributed by atoms with Gasteiger partial charge in [-0.15, -0.1) is 0 Å². The van der Waals surface area contributed by atoms with E-state index in [4.69, 9.17) is 0 Å². The Labute approximate surface area is 143 Å². The SMILES string of the molecule is CC(C)(C)[C@H](NC(=O)C(F)(F)F)C(=O)N1C[C@@H]2CCCC2[C@H]1C(=O)O. The van der Waals surface area contributed by atoms with Gasteiger partial charge in [-0.2, -0.15) is 13.2 Å². The molecule has 2 amide bonds. The minimum Gasteiger partial charge on any atom is -0.480 e. The Balaban J connectivity index is 2.27. The molecule has 0 aromatic carbocycles. The lowest BCUT2D eigenvalue weighted by Gasteiger charge is -2.35. The van der Waals surface area contributed by atoms with E-state index in [2.05, 4.69) is 0 Å². The van der Waals surface area contributed by atoms with Crippen LogP contribution in [0.5, 0.6) is 0 Å². The first-order valence-corrected chi connectivity index (χ1v) is 8.25. The maximum absolute atomic E-state index is 12.9. The Morgan fingerprint density at radius 1 is 1.16 bits per heavy atom. The van der Waals surface area contributed by atoms with Crippen LogP contribution >= 0.6 is 0 Å². The molecular weight excluding hydrogens is 341 g/mol. The Hall–Kier alpha value is -1.80. The van der Waals surface area contributed by atoms with Gasteiger partial charge in [0.25, 0.3) is 0 Å². The van der Waals surface area contributed by atoms with Crippen LogP contribution in [0.2, 0.25) is 0 Å². The van der Waals surface area contributed by atoms with Gasteiger partial charge in [0.2, 0.25) is 5.91 Å². The van der Waals surface area contributed by atoms with Gasteiger partial charge in [0.15, 0.2) is 0 Å². The smallest absolute Gasteiger partial charge is 0.471 e. The van der Waals surface area contributed by atoms with Gasteiger partial charge in [0, 0.05) is 6.54 Å². The quantitative estimate of drug-likeness (QED) is 0.799. The average molecular weight is 364 g/mol. The minimum atomic E-state index is -5.11. The number of carbonyl (C=O) groups excluding carboxylic acids is 2. The van der Waals surface area contributed by atoms with E-state index < -0.39 is 41.5 Å². The highest BCUT2D eigenvalue weighted by Crippen LogP contribution is 2.43. The summed E-state index contributed by atoms with van der Waals surface area (Å²) < 4.78 is 37.8. The second-order valence-corrected chi connectivity index (χ2v) is 7.90. The number of nitrogens with one attached hydrogen (secondary N) is 1. The maximum Gasteiger partial charge on any atom is 0.471 e. The van der Waals surface area contributed by atoms with Gasteiger partial charge < -0.3 is 15.3 Å². The van der Waals surface area contributed by atoms with Gasteiger partial charge in [-0.25, -0.2) is 4.79 Å². The van der Waals surface area contributed by atoms with Crippen LogP contribution in [0, 0.1) is 17.3 Å². The molecule has 1 aliphatic carbocycles. The van der Waals surface area contributed by atoms with Crippen molar-refractivity contribution in [3.8, 4) is 0 Å². The van der Waals surface area contributed by atoms with Crippen LogP contribution < -0.4 is 5.32 Å². The highest BCUT2D eigenvalue weighted by atomic mass is 19.4. The topological polar surface area (TPSA) is 86.7 Å². The summed E-state index contributed by atoms with van der Waals surface area (Å²) in [5.74, 6) is -4.26. The molecule has 2 N–H and O–H groups in total. The molecule has 9 heteroatoms. The number of rotatable bonds is 3. The zero-order valence-electron chi connectivity index (χ0n) is 14.4. The monoisotopic (exact) mass is 364 g/mol. The van der Waals surface area contributed by atoms with Crippen molar-refractivity contribution in [3.63, 3.8) is 0 Å². The minimum absolute atomic E-state index is 0.0454. The molecule has 2 rings (SSSR count). The van der Waals surface area contributed by atoms with Crippen molar-refractivity contribution in [1.29, 1.82) is 0 Å². The van der Waals surface area contributed by atoms with E-state index >= 15 is 0 Å². The third kappa shape index (κ3) is 3.90. The molecule has 1 heterocycles. The van der Waals surface area contributed by atoms with E-state index in [0.717, 1.165) is 17.7 Å². The molecule has 4 atom stereocenters. The van der Waals surface area contributed by atoms with Crippen molar-refractivity contribution in [2.75, 3.05) is 6.54 Å². The fourth-order valence-electron chi connectivity index (χ4n) is 3.88. The van der Waals surface area contributed by atoms with E-state index in [1.54, 1.807) is 5.32 Å². The predicted octanol–water partition coefficient (Wildman–Crippen LogP) is 1.79. The number of amides is 2. The number of carboxylic acid groups (broad SMARTS) is 1. The molecule has 2 fully saturated rings. The molecule has 0 bridgehead atoms. The lowest BCUT2D eigenvalue weighted by molar-refractivity contribution is -0.176. The van der Waals surface area contributed by atoms with Crippen molar-refractivity contribution >= 4 is 17.8 Å². The number of hydrogen-bond acceptors (Lipinski definition) is 3. The summed E-state index contributed by atoms with van der Waals surface area (Å²) in [7, 11) is 0. The summed E-state index contributed by atoms with van der Waals surface area (Å²) in [5, 5.41) is 11.3. The lowest BCUT2D eigenvalue weighted by atomic mass is 9.85. The molecule has 1 aliphatic heterocycles. The number of carbonyl (C=O) groups is 3. The van der Waals surface area contributed by atoms with Crippen LogP contribution in [0.3, 0.4) is 0 Å². The van der Waals surface area contributed by atoms with Crippen molar-refractivity contribution in [1.82, 2.24) is 10.2 Å². The van der Waals surface area contributed by atoms with Crippen LogP contribution in [0.25, 0.3) is 0 Å². The number of carboxylic acids is 1.